The molecule has 1 amide bonds. The minimum Gasteiger partial charge on any atom is -0.395 e. The predicted octanol–water partition coefficient (Wildman–Crippen LogP) is 2.55. The molecule has 0 radical (unpaired) electrons. The number of hydrogen-bond acceptors (Lipinski definition) is 4. The first-order chi connectivity index (χ1) is 9.91. The number of benzene rings is 1. The van der Waals surface area contributed by atoms with Crippen LogP contribution in [-0.4, -0.2) is 29.1 Å². The van der Waals surface area contributed by atoms with E-state index in [0.29, 0.717) is 10.6 Å². The van der Waals surface area contributed by atoms with Crippen LogP contribution in [0.25, 0.3) is 10.6 Å². The third-order valence-electron chi connectivity index (χ3n) is 2.57. The molecule has 1 heterocycles. The highest BCUT2D eigenvalue weighted by Crippen LogP contribution is 2.33. The van der Waals surface area contributed by atoms with Crippen LogP contribution in [0.15, 0.2) is 29.6 Å². The second-order valence-corrected chi connectivity index (χ2v) is 4.95. The molecule has 1 aromatic carbocycles. The number of aliphatic hydroxyl groups excluding tert-OH is 1. The minimum atomic E-state index is -4.42. The molecule has 4 nitrogen and oxygen atoms in total. The van der Waals surface area contributed by atoms with Gasteiger partial charge in [0, 0.05) is 17.5 Å². The zero-order valence-corrected chi connectivity index (χ0v) is 11.5. The fraction of sp³-hybridized carbons (Fsp3) is 0.231. The van der Waals surface area contributed by atoms with Gasteiger partial charge in [0.25, 0.3) is 5.91 Å². The van der Waals surface area contributed by atoms with E-state index >= 15 is 0 Å². The van der Waals surface area contributed by atoms with Gasteiger partial charge in [-0.3, -0.25) is 4.79 Å². The summed E-state index contributed by atoms with van der Waals surface area (Å²) in [6.45, 7) is -0.106. The molecule has 0 bridgehead atoms. The zero-order valence-electron chi connectivity index (χ0n) is 10.6. The fourth-order valence-electron chi connectivity index (χ4n) is 1.60. The van der Waals surface area contributed by atoms with Crippen LogP contribution in [0.5, 0.6) is 0 Å². The lowest BCUT2D eigenvalue weighted by atomic mass is 10.1. The normalized spacial score (nSPS) is 11.4. The van der Waals surface area contributed by atoms with Gasteiger partial charge in [-0.05, 0) is 12.1 Å². The smallest absolute Gasteiger partial charge is 0.395 e. The van der Waals surface area contributed by atoms with E-state index in [1.165, 1.54) is 17.5 Å². The number of nitrogens with zero attached hydrogens (tertiary/aromatic N) is 1. The third kappa shape index (κ3) is 3.79. The largest absolute Gasteiger partial charge is 0.416 e. The van der Waals surface area contributed by atoms with Crippen molar-refractivity contribution in [2.45, 2.75) is 6.18 Å². The molecule has 2 rings (SSSR count). The number of rotatable bonds is 4. The highest BCUT2D eigenvalue weighted by molar-refractivity contribution is 7.13. The summed E-state index contributed by atoms with van der Waals surface area (Å²) in [6, 6.07) is 4.77. The van der Waals surface area contributed by atoms with Crippen LogP contribution in [0.1, 0.15) is 16.1 Å². The van der Waals surface area contributed by atoms with Crippen LogP contribution in [-0.2, 0) is 6.18 Å². The number of alkyl halides is 3. The maximum absolute atomic E-state index is 12.7. The van der Waals surface area contributed by atoms with E-state index in [1.54, 1.807) is 0 Å². The van der Waals surface area contributed by atoms with Crippen molar-refractivity contribution in [2.75, 3.05) is 13.2 Å². The van der Waals surface area contributed by atoms with Crippen LogP contribution in [0, 0.1) is 0 Å². The summed E-state index contributed by atoms with van der Waals surface area (Å²) in [5.74, 6) is -0.474. The van der Waals surface area contributed by atoms with E-state index in [9.17, 15) is 18.0 Å². The van der Waals surface area contributed by atoms with Crippen LogP contribution in [0.4, 0.5) is 13.2 Å². The first kappa shape index (κ1) is 15.5. The van der Waals surface area contributed by atoms with Gasteiger partial charge in [0.2, 0.25) is 0 Å². The number of halogens is 3. The summed E-state index contributed by atoms with van der Waals surface area (Å²) in [5.41, 5.74) is -0.349. The van der Waals surface area contributed by atoms with E-state index in [4.69, 9.17) is 5.11 Å². The van der Waals surface area contributed by atoms with Crippen molar-refractivity contribution >= 4 is 17.2 Å². The SMILES string of the molecule is O=C(NCCO)c1csc(-c2cccc(C(F)(F)F)c2)n1. The number of aliphatic hydroxyl groups is 1. The Morgan fingerprint density at radius 1 is 1.38 bits per heavy atom. The second kappa shape index (κ2) is 6.23. The Morgan fingerprint density at radius 3 is 2.81 bits per heavy atom. The Bertz CT molecular complexity index is 640. The lowest BCUT2D eigenvalue weighted by Gasteiger charge is -2.07. The van der Waals surface area contributed by atoms with E-state index in [1.807, 2.05) is 0 Å². The Labute approximate surface area is 122 Å². The highest BCUT2D eigenvalue weighted by Gasteiger charge is 2.30. The van der Waals surface area contributed by atoms with Crippen LogP contribution < -0.4 is 5.32 Å². The van der Waals surface area contributed by atoms with Gasteiger partial charge in [-0.1, -0.05) is 12.1 Å². The molecule has 0 unspecified atom stereocenters. The summed E-state index contributed by atoms with van der Waals surface area (Å²) < 4.78 is 38.0. The van der Waals surface area contributed by atoms with Crippen LogP contribution in [0.2, 0.25) is 0 Å². The topological polar surface area (TPSA) is 62.2 Å². The molecule has 21 heavy (non-hydrogen) atoms. The first-order valence-electron chi connectivity index (χ1n) is 5.94. The molecule has 2 N–H and O–H groups in total. The summed E-state index contributed by atoms with van der Waals surface area (Å²) >= 11 is 1.08. The molecule has 0 aliphatic carbocycles. The van der Waals surface area contributed by atoms with Crippen LogP contribution >= 0.6 is 11.3 Å². The Morgan fingerprint density at radius 2 is 2.14 bits per heavy atom. The number of carbonyl (C=O) groups excluding carboxylic acids is 1. The van der Waals surface area contributed by atoms with E-state index in [0.717, 1.165) is 23.5 Å². The van der Waals surface area contributed by atoms with Crippen LogP contribution in [0.3, 0.4) is 0 Å². The van der Waals surface area contributed by atoms with Crippen molar-refractivity contribution in [3.8, 4) is 10.6 Å². The first-order valence-corrected chi connectivity index (χ1v) is 6.82. The van der Waals surface area contributed by atoms with Gasteiger partial charge in [0.15, 0.2) is 0 Å². The second-order valence-electron chi connectivity index (χ2n) is 4.10. The Hall–Kier alpha value is -1.93. The molecule has 112 valence electrons. The predicted molar refractivity (Wildman–Crippen MR) is 72.0 cm³/mol. The van der Waals surface area contributed by atoms with Crippen molar-refractivity contribution in [1.29, 1.82) is 0 Å². The molecular weight excluding hydrogens is 305 g/mol. The van der Waals surface area contributed by atoms with Crippen molar-refractivity contribution in [3.63, 3.8) is 0 Å². The quantitative estimate of drug-likeness (QED) is 0.911. The van der Waals surface area contributed by atoms with Crippen molar-refractivity contribution in [1.82, 2.24) is 10.3 Å². The number of amides is 1. The number of hydrogen-bond donors (Lipinski definition) is 2. The molecule has 0 saturated carbocycles. The molecule has 0 spiro atoms. The molecule has 0 aliphatic heterocycles. The molecule has 0 aliphatic rings. The van der Waals surface area contributed by atoms with Crippen molar-refractivity contribution < 1.29 is 23.1 Å². The summed E-state index contributed by atoms with van der Waals surface area (Å²) in [5, 5.41) is 12.8. The summed E-state index contributed by atoms with van der Waals surface area (Å²) in [6.07, 6.45) is -4.42. The molecular formula is C13H11F3N2O2S. The molecule has 0 fully saturated rings. The molecule has 1 aromatic heterocycles. The number of carbonyl (C=O) groups is 1. The molecule has 0 saturated heterocycles. The Kier molecular flexibility index (Phi) is 4.59. The monoisotopic (exact) mass is 316 g/mol. The van der Waals surface area contributed by atoms with Gasteiger partial charge in [0.05, 0.1) is 12.2 Å². The number of thiazole rings is 1. The van der Waals surface area contributed by atoms with Crippen molar-refractivity contribution in [3.05, 3.63) is 40.9 Å². The van der Waals surface area contributed by atoms with E-state index < -0.39 is 17.6 Å². The standard InChI is InChI=1S/C13H11F3N2O2S/c14-13(15,16)9-3-1-2-8(6-9)12-18-10(7-21-12)11(20)17-4-5-19/h1-3,6-7,19H,4-5H2,(H,17,20). The van der Waals surface area contributed by atoms with Gasteiger partial charge in [-0.15, -0.1) is 11.3 Å². The van der Waals surface area contributed by atoms with Gasteiger partial charge in [0.1, 0.15) is 10.7 Å². The Balaban J connectivity index is 2.24. The van der Waals surface area contributed by atoms with Gasteiger partial charge < -0.3 is 10.4 Å². The maximum Gasteiger partial charge on any atom is 0.416 e. The average molecular weight is 316 g/mol. The van der Waals surface area contributed by atoms with E-state index in [2.05, 4.69) is 10.3 Å². The third-order valence-corrected chi connectivity index (χ3v) is 3.46. The highest BCUT2D eigenvalue weighted by atomic mass is 32.1. The lowest BCUT2D eigenvalue weighted by molar-refractivity contribution is -0.137. The number of nitrogens with one attached hydrogen (secondary N) is 1. The van der Waals surface area contributed by atoms with E-state index in [-0.39, 0.29) is 18.8 Å². The fourth-order valence-corrected chi connectivity index (χ4v) is 2.40. The lowest BCUT2D eigenvalue weighted by Crippen LogP contribution is -2.26. The molecule has 2 aromatic rings. The molecule has 8 heteroatoms. The summed E-state index contributed by atoms with van der Waals surface area (Å²) in [7, 11) is 0. The van der Waals surface area contributed by atoms with Crippen molar-refractivity contribution in [2.24, 2.45) is 0 Å². The van der Waals surface area contributed by atoms with Gasteiger partial charge >= 0.3 is 6.18 Å². The maximum atomic E-state index is 12.7. The zero-order chi connectivity index (χ0) is 15.5. The molecule has 0 atom stereocenters. The van der Waals surface area contributed by atoms with Gasteiger partial charge in [-0.2, -0.15) is 13.2 Å². The number of aromatic nitrogens is 1. The average Bonchev–Trinajstić information content (AvgIpc) is 2.94. The van der Waals surface area contributed by atoms with Gasteiger partial charge in [-0.25, -0.2) is 4.98 Å². The summed E-state index contributed by atoms with van der Waals surface area (Å²) in [4.78, 5) is 15.6. The minimum absolute atomic E-state index is 0.0925.